The number of carbonyl (C=O) groups excluding carboxylic acids is 1. The molecular formula is C32H49F6N5O5SSi. The summed E-state index contributed by atoms with van der Waals surface area (Å²) in [7, 11) is -1.48. The van der Waals surface area contributed by atoms with Gasteiger partial charge in [0.25, 0.3) is 0 Å². The third kappa shape index (κ3) is 10.7. The van der Waals surface area contributed by atoms with E-state index in [0.29, 0.717) is 23.2 Å². The van der Waals surface area contributed by atoms with E-state index in [1.807, 2.05) is 5.32 Å². The van der Waals surface area contributed by atoms with E-state index in [2.05, 4.69) is 24.4 Å². The SMILES string of the molecule is C[C@H](O[C@H](C)[C@H](N[S@+]([O-])C(C)(C)C)c1nc2cc([C@@H](COC3CC3)N3C[C@@H](C(F)(F)F)NC3=O)ccc2n1COCC[Si](C)(C)C)C(F)(F)F. The molecule has 0 unspecified atom stereocenters. The predicted octanol–water partition coefficient (Wildman–Crippen LogP) is 6.97. The molecule has 2 aliphatic rings. The van der Waals surface area contributed by atoms with Crippen molar-refractivity contribution < 1.29 is 49.9 Å². The lowest BCUT2D eigenvalue weighted by Gasteiger charge is -2.32. The number of ether oxygens (including phenoxy) is 3. The summed E-state index contributed by atoms with van der Waals surface area (Å²) in [5, 5.41) is 2.01. The summed E-state index contributed by atoms with van der Waals surface area (Å²) >= 11 is -1.76. The van der Waals surface area contributed by atoms with Gasteiger partial charge in [-0.15, -0.1) is 4.72 Å². The molecule has 2 heterocycles. The summed E-state index contributed by atoms with van der Waals surface area (Å²) in [6, 6.07) is 0.918. The molecule has 18 heteroatoms. The zero-order valence-corrected chi connectivity index (χ0v) is 31.5. The van der Waals surface area contributed by atoms with Crippen LogP contribution in [0.4, 0.5) is 31.1 Å². The molecule has 0 radical (unpaired) electrons. The van der Waals surface area contributed by atoms with Gasteiger partial charge in [0.1, 0.15) is 29.4 Å². The first-order valence-corrected chi connectivity index (χ1v) is 21.5. The summed E-state index contributed by atoms with van der Waals surface area (Å²) in [6.07, 6.45) is -11.0. The van der Waals surface area contributed by atoms with Crippen LogP contribution in [-0.2, 0) is 32.3 Å². The van der Waals surface area contributed by atoms with Crippen molar-refractivity contribution in [3.8, 4) is 0 Å². The van der Waals surface area contributed by atoms with Crippen LogP contribution in [0.1, 0.15) is 70.9 Å². The standard InChI is InChI=1S/C32H49F6N5O5SSi/c1-19(48-20(2)31(33,34)35)27(41-49(45)30(3,4)5)28-39-23-15-21(9-12-24(23)43(28)18-46-13-14-50(6,7)8)25(17-47-22-10-11-22)42-16-26(32(36,37)38)40-29(42)44/h9,12,15,19-20,22,25-27,41H,10-11,13-14,16-18H2,1-8H3,(H,40,44)/t19-,20+,25-,26+,27+,49-/m1/s1. The van der Waals surface area contributed by atoms with Crippen LogP contribution >= 0.6 is 0 Å². The Balaban J connectivity index is 1.79. The van der Waals surface area contributed by atoms with Crippen LogP contribution in [0.5, 0.6) is 0 Å². The lowest BCUT2D eigenvalue weighted by molar-refractivity contribution is -0.227. The number of rotatable bonds is 16. The molecule has 1 aliphatic carbocycles. The Morgan fingerprint density at radius 2 is 1.78 bits per heavy atom. The number of nitrogens with zero attached hydrogens (tertiary/aromatic N) is 3. The maximum Gasteiger partial charge on any atom is 0.414 e. The molecule has 0 spiro atoms. The molecule has 1 aromatic heterocycles. The molecule has 6 atom stereocenters. The van der Waals surface area contributed by atoms with E-state index >= 15 is 0 Å². The van der Waals surface area contributed by atoms with Crippen LogP contribution < -0.4 is 10.0 Å². The zero-order chi connectivity index (χ0) is 37.4. The first kappa shape index (κ1) is 40.7. The highest BCUT2D eigenvalue weighted by molar-refractivity contribution is 7.90. The fourth-order valence-corrected chi connectivity index (χ4v) is 6.89. The third-order valence-electron chi connectivity index (χ3n) is 8.54. The molecular weight excluding hydrogens is 709 g/mol. The number of hydrogen-bond donors (Lipinski definition) is 2. The topological polar surface area (TPSA) is 113 Å². The van der Waals surface area contributed by atoms with Gasteiger partial charge in [-0.3, -0.25) is 0 Å². The molecule has 1 aromatic carbocycles. The average molecular weight is 758 g/mol. The van der Waals surface area contributed by atoms with Gasteiger partial charge >= 0.3 is 18.4 Å². The number of nitrogens with one attached hydrogen (secondary N) is 2. The number of imidazole rings is 1. The fraction of sp³-hybridized carbons (Fsp3) is 0.750. The normalized spacial score (nSPS) is 21.0. The Hall–Kier alpha value is -2.09. The van der Waals surface area contributed by atoms with Crippen LogP contribution in [0.15, 0.2) is 18.2 Å². The smallest absolute Gasteiger partial charge is 0.414 e. The molecule has 10 nitrogen and oxygen atoms in total. The van der Waals surface area contributed by atoms with Gasteiger partial charge in [-0.05, 0) is 71.2 Å². The molecule has 50 heavy (non-hydrogen) atoms. The van der Waals surface area contributed by atoms with Crippen molar-refractivity contribution >= 4 is 36.5 Å². The Bertz CT molecular complexity index is 1460. The molecule has 2 fully saturated rings. The van der Waals surface area contributed by atoms with Crippen molar-refractivity contribution in [2.24, 2.45) is 0 Å². The highest BCUT2D eigenvalue weighted by Gasteiger charge is 2.49. The molecule has 4 rings (SSSR count). The van der Waals surface area contributed by atoms with Crippen molar-refractivity contribution in [1.82, 2.24) is 24.5 Å². The Morgan fingerprint density at radius 3 is 2.32 bits per heavy atom. The second kappa shape index (κ2) is 15.5. The molecule has 2 amide bonds. The van der Waals surface area contributed by atoms with E-state index in [0.717, 1.165) is 30.7 Å². The lowest BCUT2D eigenvalue weighted by Crippen LogP contribution is -2.47. The third-order valence-corrected chi connectivity index (χ3v) is 11.8. The van der Waals surface area contributed by atoms with Crippen LogP contribution in [0.3, 0.4) is 0 Å². The van der Waals surface area contributed by atoms with Crippen LogP contribution in [0.25, 0.3) is 11.0 Å². The van der Waals surface area contributed by atoms with Gasteiger partial charge in [-0.25, -0.2) is 9.78 Å². The number of aromatic nitrogens is 2. The predicted molar refractivity (Wildman–Crippen MR) is 180 cm³/mol. The highest BCUT2D eigenvalue weighted by Crippen LogP contribution is 2.35. The van der Waals surface area contributed by atoms with Gasteiger partial charge in [-0.2, -0.15) is 26.3 Å². The molecule has 0 bridgehead atoms. The van der Waals surface area contributed by atoms with Crippen LogP contribution in [0.2, 0.25) is 25.7 Å². The van der Waals surface area contributed by atoms with E-state index in [9.17, 15) is 35.7 Å². The maximum atomic E-state index is 13.6. The highest BCUT2D eigenvalue weighted by atomic mass is 32.2. The van der Waals surface area contributed by atoms with Gasteiger partial charge < -0.3 is 33.5 Å². The van der Waals surface area contributed by atoms with Crippen molar-refractivity contribution in [1.29, 1.82) is 0 Å². The number of carbonyl (C=O) groups is 1. The molecule has 2 N–H and O–H groups in total. The van der Waals surface area contributed by atoms with Gasteiger partial charge in [0.05, 0.1) is 42.4 Å². The molecule has 2 aromatic rings. The molecule has 1 aliphatic heterocycles. The second-order valence-electron chi connectivity index (χ2n) is 15.2. The van der Waals surface area contributed by atoms with Crippen molar-refractivity contribution in [2.45, 2.75) is 133 Å². The Morgan fingerprint density at radius 1 is 1.12 bits per heavy atom. The van der Waals surface area contributed by atoms with E-state index in [-0.39, 0.29) is 25.3 Å². The van der Waals surface area contributed by atoms with E-state index in [1.165, 1.54) is 6.92 Å². The number of alkyl halides is 6. The molecule has 284 valence electrons. The van der Waals surface area contributed by atoms with Gasteiger partial charge in [0.15, 0.2) is 6.10 Å². The van der Waals surface area contributed by atoms with Gasteiger partial charge in [0, 0.05) is 26.0 Å². The molecule has 1 saturated heterocycles. The fourth-order valence-electron chi connectivity index (χ4n) is 5.25. The first-order valence-electron chi connectivity index (χ1n) is 16.7. The van der Waals surface area contributed by atoms with E-state index in [1.54, 1.807) is 43.5 Å². The maximum absolute atomic E-state index is 13.6. The summed E-state index contributed by atoms with van der Waals surface area (Å²) in [5.74, 6) is 0.200. The van der Waals surface area contributed by atoms with Crippen molar-refractivity contribution in [3.63, 3.8) is 0 Å². The van der Waals surface area contributed by atoms with E-state index < -0.39 is 79.4 Å². The number of benzene rings is 1. The lowest BCUT2D eigenvalue weighted by atomic mass is 10.0. The zero-order valence-electron chi connectivity index (χ0n) is 29.7. The largest absolute Gasteiger partial charge is 0.598 e. The number of halogens is 6. The summed E-state index contributed by atoms with van der Waals surface area (Å²) < 4.78 is 116. The molecule has 1 saturated carbocycles. The minimum Gasteiger partial charge on any atom is -0.598 e. The second-order valence-corrected chi connectivity index (χ2v) is 22.9. The van der Waals surface area contributed by atoms with Gasteiger partial charge in [0.2, 0.25) is 0 Å². The summed E-state index contributed by atoms with van der Waals surface area (Å²) in [5.41, 5.74) is 1.32. The summed E-state index contributed by atoms with van der Waals surface area (Å²) in [6.45, 7) is 13.8. The number of fused-ring (bicyclic) bond motifs is 1. The minimum atomic E-state index is -4.65. The number of urea groups is 1. The van der Waals surface area contributed by atoms with Gasteiger partial charge in [-0.1, -0.05) is 25.7 Å². The Labute approximate surface area is 293 Å². The summed E-state index contributed by atoms with van der Waals surface area (Å²) in [4.78, 5) is 18.8. The Kier molecular flexibility index (Phi) is 12.6. The minimum absolute atomic E-state index is 0.0342. The van der Waals surface area contributed by atoms with Crippen molar-refractivity contribution in [2.75, 3.05) is 19.8 Å². The number of hydrogen-bond acceptors (Lipinski definition) is 7. The first-order chi connectivity index (χ1) is 23.0. The van der Waals surface area contributed by atoms with Crippen molar-refractivity contribution in [3.05, 3.63) is 29.6 Å². The van der Waals surface area contributed by atoms with Crippen LogP contribution in [-0.4, -0.2) is 94.3 Å². The van der Waals surface area contributed by atoms with E-state index in [4.69, 9.17) is 19.2 Å². The number of amides is 2. The monoisotopic (exact) mass is 757 g/mol. The quantitative estimate of drug-likeness (QED) is 0.0824. The van der Waals surface area contributed by atoms with Crippen LogP contribution in [0, 0.1) is 0 Å². The average Bonchev–Trinajstić information content (AvgIpc) is 3.62.